The number of carbonyl (C=O) groups excluding carboxylic acids is 1. The molecule has 23 heavy (non-hydrogen) atoms. The number of nitrogens with one attached hydrogen (secondary N) is 2. The summed E-state index contributed by atoms with van der Waals surface area (Å²) in [7, 11) is 0. The zero-order valence-electron chi connectivity index (χ0n) is 12.5. The molecule has 2 aromatic rings. The summed E-state index contributed by atoms with van der Waals surface area (Å²) in [4.78, 5) is 20.1. The van der Waals surface area contributed by atoms with Gasteiger partial charge in [-0.3, -0.25) is 4.79 Å². The highest BCUT2D eigenvalue weighted by molar-refractivity contribution is 6.03. The number of halogens is 3. The van der Waals surface area contributed by atoms with Crippen molar-refractivity contribution in [3.05, 3.63) is 47.8 Å². The summed E-state index contributed by atoms with van der Waals surface area (Å²) in [5, 5.41) is 5.34. The summed E-state index contributed by atoms with van der Waals surface area (Å²) in [6.45, 7) is 3.78. The first-order valence-corrected chi connectivity index (χ1v) is 6.84. The van der Waals surface area contributed by atoms with Crippen LogP contribution in [0.2, 0.25) is 0 Å². The van der Waals surface area contributed by atoms with Crippen molar-refractivity contribution in [2.45, 2.75) is 26.1 Å². The van der Waals surface area contributed by atoms with Gasteiger partial charge in [-0.15, -0.1) is 0 Å². The number of carbonyl (C=O) groups is 1. The highest BCUT2D eigenvalue weighted by Crippen LogP contribution is 2.30. The summed E-state index contributed by atoms with van der Waals surface area (Å²) in [6, 6.07) is 5.87. The van der Waals surface area contributed by atoms with Crippen molar-refractivity contribution in [2.75, 3.05) is 10.6 Å². The predicted octanol–water partition coefficient (Wildman–Crippen LogP) is 3.57. The van der Waals surface area contributed by atoms with Gasteiger partial charge < -0.3 is 10.6 Å². The molecule has 0 atom stereocenters. The van der Waals surface area contributed by atoms with Crippen molar-refractivity contribution in [3.63, 3.8) is 0 Å². The lowest BCUT2D eigenvalue weighted by Gasteiger charge is -2.11. The van der Waals surface area contributed by atoms with Gasteiger partial charge in [0, 0.05) is 17.9 Å². The maximum absolute atomic E-state index is 12.7. The third-order valence-corrected chi connectivity index (χ3v) is 2.75. The molecule has 0 aliphatic rings. The van der Waals surface area contributed by atoms with Gasteiger partial charge in [0.05, 0.1) is 5.56 Å². The first kappa shape index (κ1) is 16.7. The average molecular weight is 324 g/mol. The summed E-state index contributed by atoms with van der Waals surface area (Å²) in [5.74, 6) is -0.338. The number of aromatic nitrogens is 2. The lowest BCUT2D eigenvalue weighted by molar-refractivity contribution is -0.137. The van der Waals surface area contributed by atoms with Crippen molar-refractivity contribution in [2.24, 2.45) is 0 Å². The highest BCUT2D eigenvalue weighted by Gasteiger charge is 2.30. The average Bonchev–Trinajstić information content (AvgIpc) is 2.46. The molecule has 0 bridgehead atoms. The molecule has 2 N–H and O–H groups in total. The highest BCUT2D eigenvalue weighted by atomic mass is 19.4. The van der Waals surface area contributed by atoms with Crippen molar-refractivity contribution < 1.29 is 18.0 Å². The number of nitrogens with zero attached hydrogens (tertiary/aromatic N) is 2. The zero-order valence-corrected chi connectivity index (χ0v) is 12.5. The molecule has 2 rings (SSSR count). The Balaban J connectivity index is 2.16. The van der Waals surface area contributed by atoms with Gasteiger partial charge in [0.15, 0.2) is 0 Å². The van der Waals surface area contributed by atoms with E-state index in [4.69, 9.17) is 0 Å². The Bertz CT molecular complexity index is 701. The van der Waals surface area contributed by atoms with Gasteiger partial charge in [-0.05, 0) is 38.1 Å². The molecule has 0 unspecified atom stereocenters. The van der Waals surface area contributed by atoms with Gasteiger partial charge >= 0.3 is 6.18 Å². The molecule has 0 saturated carbocycles. The lowest BCUT2D eigenvalue weighted by Crippen LogP contribution is -2.18. The molecule has 0 radical (unpaired) electrons. The number of hydrogen-bond acceptors (Lipinski definition) is 4. The van der Waals surface area contributed by atoms with E-state index in [1.807, 2.05) is 13.8 Å². The van der Waals surface area contributed by atoms with E-state index in [1.165, 1.54) is 24.4 Å². The van der Waals surface area contributed by atoms with Gasteiger partial charge in [-0.25, -0.2) is 9.97 Å². The summed E-state index contributed by atoms with van der Waals surface area (Å²) < 4.78 is 38.0. The topological polar surface area (TPSA) is 66.9 Å². The number of amides is 1. The second-order valence-electron chi connectivity index (χ2n) is 5.10. The number of hydrogen-bond donors (Lipinski definition) is 2. The Kier molecular flexibility index (Phi) is 4.83. The molecule has 0 aliphatic carbocycles. The number of anilines is 2. The largest absolute Gasteiger partial charge is 0.416 e. The number of rotatable bonds is 4. The molecule has 0 fully saturated rings. The van der Waals surface area contributed by atoms with Crippen LogP contribution in [0.1, 0.15) is 29.9 Å². The van der Waals surface area contributed by atoms with Crippen molar-refractivity contribution in [3.8, 4) is 0 Å². The molecule has 1 aromatic heterocycles. The van der Waals surface area contributed by atoms with E-state index in [2.05, 4.69) is 20.6 Å². The van der Waals surface area contributed by atoms with Crippen LogP contribution in [0.4, 0.5) is 24.8 Å². The minimum Gasteiger partial charge on any atom is -0.352 e. The van der Waals surface area contributed by atoms with E-state index in [-0.39, 0.29) is 23.4 Å². The Hall–Kier alpha value is -2.64. The Morgan fingerprint density at radius 1 is 1.22 bits per heavy atom. The molecule has 1 heterocycles. The number of alkyl halides is 3. The van der Waals surface area contributed by atoms with Crippen LogP contribution in [0.3, 0.4) is 0 Å². The molecule has 0 spiro atoms. The monoisotopic (exact) mass is 324 g/mol. The van der Waals surface area contributed by atoms with Crippen molar-refractivity contribution in [1.82, 2.24) is 9.97 Å². The molecule has 1 amide bonds. The van der Waals surface area contributed by atoms with Gasteiger partial charge in [-0.2, -0.15) is 13.2 Å². The van der Waals surface area contributed by atoms with Gasteiger partial charge in [-0.1, -0.05) is 6.07 Å². The van der Waals surface area contributed by atoms with Crippen LogP contribution < -0.4 is 10.6 Å². The van der Waals surface area contributed by atoms with Gasteiger partial charge in [0.1, 0.15) is 5.69 Å². The number of benzene rings is 1. The molecular weight excluding hydrogens is 309 g/mol. The Morgan fingerprint density at radius 2 is 1.96 bits per heavy atom. The predicted molar refractivity (Wildman–Crippen MR) is 80.2 cm³/mol. The first-order chi connectivity index (χ1) is 10.8. The third-order valence-electron chi connectivity index (χ3n) is 2.75. The van der Waals surface area contributed by atoms with E-state index in [0.29, 0.717) is 0 Å². The van der Waals surface area contributed by atoms with E-state index in [9.17, 15) is 18.0 Å². The maximum atomic E-state index is 12.7. The SMILES string of the molecule is CC(C)Nc1nccc(C(=O)Nc2cccc(C(F)(F)F)c2)n1. The van der Waals surface area contributed by atoms with Crippen LogP contribution >= 0.6 is 0 Å². The molecule has 5 nitrogen and oxygen atoms in total. The van der Waals surface area contributed by atoms with E-state index < -0.39 is 17.6 Å². The fraction of sp³-hybridized carbons (Fsp3) is 0.267. The van der Waals surface area contributed by atoms with Crippen LogP contribution in [0.5, 0.6) is 0 Å². The van der Waals surface area contributed by atoms with Crippen molar-refractivity contribution in [1.29, 1.82) is 0 Å². The van der Waals surface area contributed by atoms with Gasteiger partial charge in [0.25, 0.3) is 5.91 Å². The summed E-state index contributed by atoms with van der Waals surface area (Å²) >= 11 is 0. The fourth-order valence-electron chi connectivity index (χ4n) is 1.78. The van der Waals surface area contributed by atoms with Crippen LogP contribution in [0.15, 0.2) is 36.5 Å². The minimum absolute atomic E-state index is 0.0433. The van der Waals surface area contributed by atoms with E-state index in [1.54, 1.807) is 0 Å². The smallest absolute Gasteiger partial charge is 0.352 e. The van der Waals surface area contributed by atoms with E-state index >= 15 is 0 Å². The first-order valence-electron chi connectivity index (χ1n) is 6.84. The van der Waals surface area contributed by atoms with Crippen LogP contribution in [0.25, 0.3) is 0 Å². The minimum atomic E-state index is -4.47. The second kappa shape index (κ2) is 6.64. The summed E-state index contributed by atoms with van der Waals surface area (Å²) in [5.41, 5.74) is -0.734. The van der Waals surface area contributed by atoms with Gasteiger partial charge in [0.2, 0.25) is 5.95 Å². The normalized spacial score (nSPS) is 11.4. The fourth-order valence-corrected chi connectivity index (χ4v) is 1.78. The third kappa shape index (κ3) is 4.67. The maximum Gasteiger partial charge on any atom is 0.416 e. The molecular formula is C15H15F3N4O. The second-order valence-corrected chi connectivity index (χ2v) is 5.10. The molecule has 122 valence electrons. The van der Waals surface area contributed by atoms with E-state index in [0.717, 1.165) is 12.1 Å². The Labute approximate surface area is 131 Å². The standard InChI is InChI=1S/C15H15F3N4O/c1-9(2)20-14-19-7-6-12(22-14)13(23)21-11-5-3-4-10(8-11)15(16,17)18/h3-9H,1-2H3,(H,21,23)(H,19,20,22). The van der Waals surface area contributed by atoms with Crippen LogP contribution in [0, 0.1) is 0 Å². The van der Waals surface area contributed by atoms with Crippen molar-refractivity contribution >= 4 is 17.5 Å². The molecule has 0 aliphatic heterocycles. The molecule has 1 aromatic carbocycles. The molecule has 8 heteroatoms. The molecule has 0 saturated heterocycles. The van der Waals surface area contributed by atoms with Crippen LogP contribution in [-0.4, -0.2) is 21.9 Å². The summed E-state index contributed by atoms with van der Waals surface area (Å²) in [6.07, 6.45) is -3.07. The van der Waals surface area contributed by atoms with Crippen LogP contribution in [-0.2, 0) is 6.18 Å². The Morgan fingerprint density at radius 3 is 2.61 bits per heavy atom. The quantitative estimate of drug-likeness (QED) is 0.902. The lowest BCUT2D eigenvalue weighted by atomic mass is 10.2. The zero-order chi connectivity index (χ0) is 17.0.